The molecular formula is C16H15N3O5S. The van der Waals surface area contributed by atoms with Crippen molar-refractivity contribution in [3.05, 3.63) is 63.2 Å². The molecule has 0 saturated carbocycles. The summed E-state index contributed by atoms with van der Waals surface area (Å²) in [5.74, 6) is -0.777. The van der Waals surface area contributed by atoms with Gasteiger partial charge in [-0.3, -0.25) is 14.3 Å². The van der Waals surface area contributed by atoms with Gasteiger partial charge in [0.05, 0.1) is 21.5 Å². The number of aryl methyl sites for hydroxylation is 2. The third-order valence-electron chi connectivity index (χ3n) is 3.65. The van der Waals surface area contributed by atoms with Gasteiger partial charge in [0.2, 0.25) is 0 Å². The van der Waals surface area contributed by atoms with Gasteiger partial charge in [-0.2, -0.15) is 0 Å². The Balaban J connectivity index is 2.13. The highest BCUT2D eigenvalue weighted by Crippen LogP contribution is 2.19. The van der Waals surface area contributed by atoms with Crippen LogP contribution in [0.5, 0.6) is 0 Å². The van der Waals surface area contributed by atoms with Crippen molar-refractivity contribution in [2.45, 2.75) is 25.3 Å². The molecule has 0 amide bonds. The zero-order valence-corrected chi connectivity index (χ0v) is 14.3. The van der Waals surface area contributed by atoms with E-state index in [4.69, 9.17) is 0 Å². The maximum absolute atomic E-state index is 12.6. The molecule has 0 radical (unpaired) electrons. The number of rotatable bonds is 4. The van der Waals surface area contributed by atoms with Crippen molar-refractivity contribution in [1.82, 2.24) is 9.55 Å². The molecule has 0 aliphatic carbocycles. The Kier molecular flexibility index (Phi) is 4.17. The zero-order valence-electron chi connectivity index (χ0n) is 13.5. The number of hydrogen-bond acceptors (Lipinski definition) is 6. The van der Waals surface area contributed by atoms with Crippen LogP contribution in [0.2, 0.25) is 0 Å². The monoisotopic (exact) mass is 361 g/mol. The van der Waals surface area contributed by atoms with Gasteiger partial charge in [0.15, 0.2) is 0 Å². The van der Waals surface area contributed by atoms with E-state index in [1.807, 2.05) is 0 Å². The van der Waals surface area contributed by atoms with Gasteiger partial charge < -0.3 is 4.42 Å². The van der Waals surface area contributed by atoms with Crippen LogP contribution >= 0.6 is 0 Å². The molecule has 0 atom stereocenters. The SMILES string of the molecule is CCn1c(=O)oc(=O)c2cc(S(=O)(=O)Nc3ccnc(C)c3)ccc21. The second kappa shape index (κ2) is 6.17. The standard InChI is InChI=1S/C16H15N3O5S/c1-3-19-14-5-4-12(9-13(14)15(20)24-16(19)21)25(22,23)18-11-6-7-17-10(2)8-11/h4-9H,3H2,1-2H3,(H,17,18). The summed E-state index contributed by atoms with van der Waals surface area (Å²) in [6.45, 7) is 3.75. The zero-order chi connectivity index (χ0) is 18.2. The number of anilines is 1. The summed E-state index contributed by atoms with van der Waals surface area (Å²) in [6.07, 6.45) is 1.49. The van der Waals surface area contributed by atoms with Gasteiger partial charge in [0, 0.05) is 18.4 Å². The average molecular weight is 361 g/mol. The normalized spacial score (nSPS) is 11.6. The number of nitrogens with zero attached hydrogens (tertiary/aromatic N) is 2. The highest BCUT2D eigenvalue weighted by atomic mass is 32.2. The predicted molar refractivity (Wildman–Crippen MR) is 92.2 cm³/mol. The summed E-state index contributed by atoms with van der Waals surface area (Å²) < 4.78 is 33.4. The van der Waals surface area contributed by atoms with Crippen LogP contribution in [0.4, 0.5) is 5.69 Å². The first kappa shape index (κ1) is 16.9. The van der Waals surface area contributed by atoms with Gasteiger partial charge in [-0.25, -0.2) is 18.0 Å². The van der Waals surface area contributed by atoms with Crippen LogP contribution in [0, 0.1) is 6.92 Å². The minimum absolute atomic E-state index is 0.0234. The van der Waals surface area contributed by atoms with E-state index >= 15 is 0 Å². The van der Waals surface area contributed by atoms with Crippen molar-refractivity contribution in [3.8, 4) is 0 Å². The van der Waals surface area contributed by atoms with Crippen molar-refractivity contribution in [1.29, 1.82) is 0 Å². The second-order valence-corrected chi connectivity index (χ2v) is 7.05. The van der Waals surface area contributed by atoms with Crippen LogP contribution in [0.15, 0.2) is 55.4 Å². The molecule has 9 heteroatoms. The molecule has 0 aliphatic heterocycles. The number of fused-ring (bicyclic) bond motifs is 1. The smallest absolute Gasteiger partial charge is 0.372 e. The van der Waals surface area contributed by atoms with Crippen LogP contribution < -0.4 is 16.1 Å². The second-order valence-electron chi connectivity index (χ2n) is 5.37. The average Bonchev–Trinajstić information content (AvgIpc) is 2.54. The largest absolute Gasteiger partial charge is 0.422 e. The molecule has 0 saturated heterocycles. The molecule has 1 aromatic carbocycles. The number of nitrogens with one attached hydrogen (secondary N) is 1. The van der Waals surface area contributed by atoms with Gasteiger partial charge in [-0.15, -0.1) is 0 Å². The summed E-state index contributed by atoms with van der Waals surface area (Å²) in [5, 5.41) is 0.0234. The Labute approximate surface area is 142 Å². The van der Waals surface area contributed by atoms with Gasteiger partial charge in [0.1, 0.15) is 0 Å². The van der Waals surface area contributed by atoms with E-state index < -0.39 is 21.4 Å². The fraction of sp³-hybridized carbons (Fsp3) is 0.188. The first-order valence-corrected chi connectivity index (χ1v) is 8.93. The Morgan fingerprint density at radius 1 is 1.20 bits per heavy atom. The third kappa shape index (κ3) is 3.18. The number of sulfonamides is 1. The number of hydrogen-bond donors (Lipinski definition) is 1. The highest BCUT2D eigenvalue weighted by molar-refractivity contribution is 7.92. The molecule has 0 spiro atoms. The molecule has 2 aromatic heterocycles. The Bertz CT molecular complexity index is 1180. The summed E-state index contributed by atoms with van der Waals surface area (Å²) in [7, 11) is -3.91. The quantitative estimate of drug-likeness (QED) is 0.753. The molecule has 0 bridgehead atoms. The van der Waals surface area contributed by atoms with Crippen LogP contribution in [-0.2, 0) is 16.6 Å². The van der Waals surface area contributed by atoms with Crippen molar-refractivity contribution < 1.29 is 12.8 Å². The van der Waals surface area contributed by atoms with Gasteiger partial charge in [-0.1, -0.05) is 0 Å². The molecule has 0 aliphatic rings. The van der Waals surface area contributed by atoms with Crippen LogP contribution in [0.25, 0.3) is 10.9 Å². The predicted octanol–water partition coefficient (Wildman–Crippen LogP) is 1.48. The van der Waals surface area contributed by atoms with E-state index in [1.165, 1.54) is 35.0 Å². The van der Waals surface area contributed by atoms with E-state index in [0.717, 1.165) is 0 Å². The van der Waals surface area contributed by atoms with Gasteiger partial charge >= 0.3 is 11.4 Å². The Hall–Kier alpha value is -2.94. The highest BCUT2D eigenvalue weighted by Gasteiger charge is 2.17. The molecule has 2 heterocycles. The minimum atomic E-state index is -3.91. The summed E-state index contributed by atoms with van der Waals surface area (Å²) >= 11 is 0. The number of aromatic nitrogens is 2. The van der Waals surface area contributed by atoms with Crippen LogP contribution in [0.1, 0.15) is 12.6 Å². The number of pyridine rings is 1. The van der Waals surface area contributed by atoms with E-state index in [1.54, 1.807) is 19.9 Å². The van der Waals surface area contributed by atoms with Gasteiger partial charge in [0.25, 0.3) is 10.0 Å². The van der Waals surface area contributed by atoms with Crippen molar-refractivity contribution >= 4 is 26.6 Å². The molecule has 1 N–H and O–H groups in total. The molecular weight excluding hydrogens is 346 g/mol. The van der Waals surface area contributed by atoms with Gasteiger partial charge in [-0.05, 0) is 44.2 Å². The first-order chi connectivity index (χ1) is 11.8. The molecule has 3 rings (SSSR count). The van der Waals surface area contributed by atoms with Crippen LogP contribution in [-0.4, -0.2) is 18.0 Å². The third-order valence-corrected chi connectivity index (χ3v) is 5.03. The molecule has 0 unspecified atom stereocenters. The first-order valence-electron chi connectivity index (χ1n) is 7.45. The van der Waals surface area contributed by atoms with E-state index in [9.17, 15) is 18.0 Å². The Morgan fingerprint density at radius 2 is 1.96 bits per heavy atom. The fourth-order valence-corrected chi connectivity index (χ4v) is 3.57. The number of benzene rings is 1. The lowest BCUT2D eigenvalue weighted by Gasteiger charge is -2.10. The molecule has 3 aromatic rings. The Morgan fingerprint density at radius 3 is 2.64 bits per heavy atom. The molecule has 8 nitrogen and oxygen atoms in total. The molecule has 0 fully saturated rings. The molecule has 130 valence electrons. The summed E-state index contributed by atoms with van der Waals surface area (Å²) in [5.41, 5.74) is 0.466. The lowest BCUT2D eigenvalue weighted by atomic mass is 10.2. The van der Waals surface area contributed by atoms with Crippen LogP contribution in [0.3, 0.4) is 0 Å². The van der Waals surface area contributed by atoms with E-state index in [-0.39, 0.29) is 10.3 Å². The molecule has 25 heavy (non-hydrogen) atoms. The lowest BCUT2D eigenvalue weighted by Crippen LogP contribution is -2.24. The van der Waals surface area contributed by atoms with Crippen molar-refractivity contribution in [2.24, 2.45) is 0 Å². The van der Waals surface area contributed by atoms with E-state index in [2.05, 4.69) is 14.1 Å². The maximum Gasteiger partial charge on any atom is 0.422 e. The van der Waals surface area contributed by atoms with Crippen molar-refractivity contribution in [2.75, 3.05) is 4.72 Å². The van der Waals surface area contributed by atoms with Crippen molar-refractivity contribution in [3.63, 3.8) is 0 Å². The topological polar surface area (TPSA) is 111 Å². The lowest BCUT2D eigenvalue weighted by molar-refractivity contribution is 0.421. The minimum Gasteiger partial charge on any atom is -0.372 e. The fourth-order valence-electron chi connectivity index (χ4n) is 2.49. The summed E-state index contributed by atoms with van der Waals surface area (Å²) in [4.78, 5) is 27.5. The summed E-state index contributed by atoms with van der Waals surface area (Å²) in [6, 6.07) is 7.06. The maximum atomic E-state index is 12.6. The van der Waals surface area contributed by atoms with E-state index in [0.29, 0.717) is 23.4 Å².